The zero-order chi connectivity index (χ0) is 35.4. The number of carbonyl (C=O) groups excluding carboxylic acids is 5. The Morgan fingerprint density at radius 1 is 0.792 bits per heavy atom. The molecule has 0 spiro atoms. The molecule has 0 saturated carbocycles. The number of imidazole rings is 1. The molecule has 0 bridgehead atoms. The Bertz CT molecular complexity index is 1090. The first-order valence-electron chi connectivity index (χ1n) is 16.2. The topological polar surface area (TPSA) is 248 Å². The number of aliphatic carboxylic acids is 1. The van der Waals surface area contributed by atoms with Crippen molar-refractivity contribution in [3.05, 3.63) is 18.2 Å². The molecule has 0 unspecified atom stereocenters. The van der Waals surface area contributed by atoms with Gasteiger partial charge in [0, 0.05) is 63.1 Å². The predicted molar refractivity (Wildman–Crippen MR) is 171 cm³/mol. The van der Waals surface area contributed by atoms with Gasteiger partial charge in [0.05, 0.1) is 58.4 Å². The summed E-state index contributed by atoms with van der Waals surface area (Å²) < 4.78 is 21.1. The Balaban J connectivity index is 2.09. The molecule has 0 aliphatic carbocycles. The molecule has 3 amide bonds. The third-order valence-electron chi connectivity index (χ3n) is 6.83. The summed E-state index contributed by atoms with van der Waals surface area (Å²) in [4.78, 5) is 77.7. The standard InChI is InChI=1S/C31H51N6O11/c1-2-28(40)35-9-11-45-13-16-48-21-30(42)36-10-12-46-14-15-47-20-29(41)34-8-4-3-5-23(26(38)6-7-31(43)44)17-27(39)25(32)18-24-19-33-22-37-24/h19,22-23,25,32H,2-18,20-21H2,1H3,(H,33,37)(H,34,41)(H,35,40)(H,36,42)(H,43,44)/t23-,25+/m1/s1. The van der Waals surface area contributed by atoms with Crippen molar-refractivity contribution < 1.29 is 52.8 Å². The number of aromatic nitrogens is 2. The van der Waals surface area contributed by atoms with E-state index in [2.05, 4.69) is 25.9 Å². The van der Waals surface area contributed by atoms with E-state index in [1.807, 2.05) is 0 Å². The maximum absolute atomic E-state index is 12.6. The fourth-order valence-corrected chi connectivity index (χ4v) is 4.19. The lowest BCUT2D eigenvalue weighted by atomic mass is 9.87. The largest absolute Gasteiger partial charge is 0.481 e. The molecule has 0 aliphatic heterocycles. The molecule has 2 atom stereocenters. The van der Waals surface area contributed by atoms with Gasteiger partial charge in [-0.15, -0.1) is 0 Å². The van der Waals surface area contributed by atoms with Crippen LogP contribution in [0.4, 0.5) is 0 Å². The SMILES string of the molecule is CCC(=O)NCCOCCOCC(=O)NCCOCCOCC(=O)NCCCC[C@H](CC(=O)[C@@H]([NH])Cc1cnc[nH]1)C(=O)CCC(=O)O. The van der Waals surface area contributed by atoms with Crippen LogP contribution in [0, 0.1) is 5.92 Å². The van der Waals surface area contributed by atoms with Crippen molar-refractivity contribution in [2.75, 3.05) is 72.5 Å². The summed E-state index contributed by atoms with van der Waals surface area (Å²) in [5, 5.41) is 17.0. The number of ether oxygens (including phenoxy) is 4. The number of nitrogens with zero attached hydrogens (tertiary/aromatic N) is 1. The predicted octanol–water partition coefficient (Wildman–Crippen LogP) is -0.392. The zero-order valence-corrected chi connectivity index (χ0v) is 27.7. The molecule has 0 aromatic carbocycles. The van der Waals surface area contributed by atoms with Gasteiger partial charge in [-0.05, 0) is 12.8 Å². The normalized spacial score (nSPS) is 12.2. The molecule has 6 N–H and O–H groups in total. The second-order valence-corrected chi connectivity index (χ2v) is 10.8. The lowest BCUT2D eigenvalue weighted by molar-refractivity contribution is -0.139. The Morgan fingerprint density at radius 2 is 1.38 bits per heavy atom. The van der Waals surface area contributed by atoms with E-state index >= 15 is 0 Å². The summed E-state index contributed by atoms with van der Waals surface area (Å²) in [6.45, 7) is 4.12. The van der Waals surface area contributed by atoms with Gasteiger partial charge in [-0.3, -0.25) is 28.8 Å². The van der Waals surface area contributed by atoms with E-state index in [0.717, 1.165) is 0 Å². The summed E-state index contributed by atoms with van der Waals surface area (Å²) >= 11 is 0. The van der Waals surface area contributed by atoms with Crippen molar-refractivity contribution in [3.63, 3.8) is 0 Å². The van der Waals surface area contributed by atoms with Gasteiger partial charge in [-0.2, -0.15) is 0 Å². The molecule has 17 nitrogen and oxygen atoms in total. The second kappa shape index (κ2) is 27.2. The average molecular weight is 684 g/mol. The fraction of sp³-hybridized carbons (Fsp3) is 0.710. The first-order chi connectivity index (χ1) is 23.1. The van der Waals surface area contributed by atoms with E-state index < -0.39 is 23.7 Å². The van der Waals surface area contributed by atoms with E-state index in [9.17, 15) is 28.8 Å². The number of hydrogen-bond acceptors (Lipinski definition) is 11. The molecule has 1 aromatic rings. The van der Waals surface area contributed by atoms with E-state index in [1.54, 1.807) is 6.92 Å². The zero-order valence-electron chi connectivity index (χ0n) is 27.7. The lowest BCUT2D eigenvalue weighted by Gasteiger charge is -2.17. The summed E-state index contributed by atoms with van der Waals surface area (Å²) in [6.07, 6.45) is 4.31. The van der Waals surface area contributed by atoms with Crippen LogP contribution < -0.4 is 21.7 Å². The van der Waals surface area contributed by atoms with Gasteiger partial charge < -0.3 is 45.0 Å². The molecule has 48 heavy (non-hydrogen) atoms. The van der Waals surface area contributed by atoms with Crippen LogP contribution in [0.2, 0.25) is 0 Å². The van der Waals surface area contributed by atoms with Gasteiger partial charge in [0.2, 0.25) is 17.7 Å². The minimum Gasteiger partial charge on any atom is -0.481 e. The smallest absolute Gasteiger partial charge is 0.303 e. The van der Waals surface area contributed by atoms with Crippen molar-refractivity contribution in [1.29, 1.82) is 0 Å². The summed E-state index contributed by atoms with van der Waals surface area (Å²) in [6, 6.07) is -1.06. The monoisotopic (exact) mass is 683 g/mol. The highest BCUT2D eigenvalue weighted by Gasteiger charge is 2.25. The first kappa shape index (κ1) is 42.3. The Kier molecular flexibility index (Phi) is 24.0. The van der Waals surface area contributed by atoms with Crippen molar-refractivity contribution in [2.24, 2.45) is 5.92 Å². The first-order valence-corrected chi connectivity index (χ1v) is 16.2. The van der Waals surface area contributed by atoms with Gasteiger partial charge in [0.25, 0.3) is 0 Å². The Hall–Kier alpha value is -3.77. The average Bonchev–Trinajstić information content (AvgIpc) is 3.58. The number of hydrogen-bond donors (Lipinski definition) is 5. The molecule has 0 fully saturated rings. The number of H-pyrrole nitrogens is 1. The van der Waals surface area contributed by atoms with Crippen molar-refractivity contribution in [1.82, 2.24) is 31.7 Å². The van der Waals surface area contributed by atoms with E-state index in [0.29, 0.717) is 57.7 Å². The molecule has 1 rings (SSSR count). The van der Waals surface area contributed by atoms with Crippen LogP contribution in [0.5, 0.6) is 0 Å². The van der Waals surface area contributed by atoms with E-state index in [-0.39, 0.29) is 95.4 Å². The van der Waals surface area contributed by atoms with Crippen LogP contribution in [0.25, 0.3) is 0 Å². The van der Waals surface area contributed by atoms with Crippen LogP contribution in [0.3, 0.4) is 0 Å². The summed E-state index contributed by atoms with van der Waals surface area (Å²) in [7, 11) is 0. The minimum absolute atomic E-state index is 0.0398. The molecule has 1 radical (unpaired) electrons. The van der Waals surface area contributed by atoms with E-state index in [4.69, 9.17) is 29.8 Å². The molecule has 0 aliphatic rings. The van der Waals surface area contributed by atoms with Crippen LogP contribution in [-0.2, 0) is 54.1 Å². The number of carbonyl (C=O) groups is 6. The third kappa shape index (κ3) is 22.7. The van der Waals surface area contributed by atoms with Gasteiger partial charge in [0.1, 0.15) is 19.0 Å². The molecular formula is C31H51N6O11. The van der Waals surface area contributed by atoms with Gasteiger partial charge in [-0.1, -0.05) is 13.3 Å². The number of ketones is 2. The summed E-state index contributed by atoms with van der Waals surface area (Å²) in [5.74, 6) is -3.15. The molecule has 17 heteroatoms. The minimum atomic E-state index is -1.10. The number of rotatable bonds is 31. The number of carboxylic acids is 1. The quantitative estimate of drug-likeness (QED) is 0.0628. The van der Waals surface area contributed by atoms with Crippen LogP contribution >= 0.6 is 0 Å². The second-order valence-electron chi connectivity index (χ2n) is 10.8. The number of amides is 3. The third-order valence-corrected chi connectivity index (χ3v) is 6.83. The van der Waals surface area contributed by atoms with Crippen molar-refractivity contribution in [2.45, 2.75) is 64.3 Å². The van der Waals surface area contributed by atoms with Crippen molar-refractivity contribution in [3.8, 4) is 0 Å². The molecule has 0 saturated heterocycles. The highest BCUT2D eigenvalue weighted by atomic mass is 16.5. The van der Waals surface area contributed by atoms with Gasteiger partial charge in [0.15, 0.2) is 5.78 Å². The summed E-state index contributed by atoms with van der Waals surface area (Å²) in [5.41, 5.74) is 8.77. The Labute approximate surface area is 280 Å². The van der Waals surface area contributed by atoms with Crippen LogP contribution in [-0.4, -0.2) is 129 Å². The number of carboxylic acid groups (broad SMARTS) is 1. The molecular weight excluding hydrogens is 632 g/mol. The number of nitrogens with one attached hydrogen (secondary N) is 5. The van der Waals surface area contributed by atoms with Crippen LogP contribution in [0.15, 0.2) is 12.5 Å². The van der Waals surface area contributed by atoms with E-state index in [1.165, 1.54) is 12.5 Å². The maximum Gasteiger partial charge on any atom is 0.303 e. The molecule has 1 heterocycles. The van der Waals surface area contributed by atoms with Crippen LogP contribution in [0.1, 0.15) is 57.6 Å². The lowest BCUT2D eigenvalue weighted by Crippen LogP contribution is -2.31. The number of Topliss-reactive ketones (excluding diaryl/α,β-unsaturated/α-hetero) is 2. The number of unbranched alkanes of at least 4 members (excludes halogenated alkanes) is 1. The maximum atomic E-state index is 12.6. The number of aromatic amines is 1. The van der Waals surface area contributed by atoms with Crippen molar-refractivity contribution >= 4 is 35.3 Å². The molecule has 271 valence electrons. The van der Waals surface area contributed by atoms with Gasteiger partial charge >= 0.3 is 5.97 Å². The highest BCUT2D eigenvalue weighted by Crippen LogP contribution is 2.19. The Morgan fingerprint density at radius 3 is 1.94 bits per heavy atom. The fourth-order valence-electron chi connectivity index (χ4n) is 4.19. The highest BCUT2D eigenvalue weighted by molar-refractivity contribution is 5.91. The molecule has 1 aromatic heterocycles. The van der Waals surface area contributed by atoms with Gasteiger partial charge in [-0.25, -0.2) is 10.7 Å².